The van der Waals surface area contributed by atoms with E-state index < -0.39 is 0 Å². The van der Waals surface area contributed by atoms with Crippen molar-refractivity contribution < 1.29 is 9.59 Å². The SMILES string of the molecule is CCCC(=O)N1CCN(c2ccc(Cl)cc2NC(=S)NC(=O)c2ccc(C(C)C)cc2)CC1. The van der Waals surface area contributed by atoms with Crippen molar-refractivity contribution >= 4 is 52.1 Å². The lowest BCUT2D eigenvalue weighted by atomic mass is 10.0. The Morgan fingerprint density at radius 1 is 1.06 bits per heavy atom. The number of anilines is 2. The third-order valence-electron chi connectivity index (χ3n) is 5.71. The number of benzene rings is 2. The van der Waals surface area contributed by atoms with E-state index in [2.05, 4.69) is 29.4 Å². The van der Waals surface area contributed by atoms with E-state index in [1.165, 1.54) is 5.56 Å². The first-order chi connectivity index (χ1) is 15.8. The molecule has 1 saturated heterocycles. The average Bonchev–Trinajstić information content (AvgIpc) is 2.79. The second-order valence-electron chi connectivity index (χ2n) is 8.46. The summed E-state index contributed by atoms with van der Waals surface area (Å²) in [5.41, 5.74) is 3.37. The Labute approximate surface area is 206 Å². The molecular formula is C25H31ClN4O2S. The number of carbonyl (C=O) groups is 2. The molecule has 6 nitrogen and oxygen atoms in total. The number of hydrogen-bond donors (Lipinski definition) is 2. The van der Waals surface area contributed by atoms with Gasteiger partial charge in [-0.2, -0.15) is 0 Å². The van der Waals surface area contributed by atoms with Crippen LogP contribution in [-0.2, 0) is 4.79 Å². The highest BCUT2D eigenvalue weighted by atomic mass is 35.5. The van der Waals surface area contributed by atoms with Crippen molar-refractivity contribution in [3.05, 3.63) is 58.6 Å². The van der Waals surface area contributed by atoms with Gasteiger partial charge in [-0.05, 0) is 60.5 Å². The van der Waals surface area contributed by atoms with Gasteiger partial charge in [0, 0.05) is 43.2 Å². The Hall–Kier alpha value is -2.64. The van der Waals surface area contributed by atoms with Gasteiger partial charge in [0.15, 0.2) is 5.11 Å². The maximum Gasteiger partial charge on any atom is 0.257 e. The average molecular weight is 487 g/mol. The molecule has 1 heterocycles. The monoisotopic (exact) mass is 486 g/mol. The summed E-state index contributed by atoms with van der Waals surface area (Å²) in [6, 6.07) is 13.1. The standard InChI is InChI=1S/C25H31ClN4O2S/c1-4-5-23(31)30-14-12-29(13-15-30)22-11-10-20(26)16-21(22)27-25(33)28-24(32)19-8-6-18(7-9-19)17(2)3/h6-11,16-17H,4-5,12-15H2,1-3H3,(H2,27,28,32,33). The van der Waals surface area contributed by atoms with E-state index in [-0.39, 0.29) is 16.9 Å². The second kappa shape index (κ2) is 11.5. The maximum absolute atomic E-state index is 12.6. The molecule has 0 aliphatic carbocycles. The molecule has 3 rings (SSSR count). The van der Waals surface area contributed by atoms with Gasteiger partial charge in [-0.15, -0.1) is 0 Å². The van der Waals surface area contributed by atoms with Crippen LogP contribution < -0.4 is 15.5 Å². The molecule has 1 fully saturated rings. The Balaban J connectivity index is 1.65. The van der Waals surface area contributed by atoms with E-state index in [1.807, 2.05) is 36.1 Å². The van der Waals surface area contributed by atoms with E-state index >= 15 is 0 Å². The zero-order valence-corrected chi connectivity index (χ0v) is 20.9. The van der Waals surface area contributed by atoms with Crippen LogP contribution in [0, 0.1) is 0 Å². The first-order valence-corrected chi connectivity index (χ1v) is 12.1. The summed E-state index contributed by atoms with van der Waals surface area (Å²) in [5, 5.41) is 6.64. The van der Waals surface area contributed by atoms with Crippen molar-refractivity contribution in [1.29, 1.82) is 0 Å². The lowest BCUT2D eigenvalue weighted by molar-refractivity contribution is -0.131. The van der Waals surface area contributed by atoms with Crippen molar-refractivity contribution in [1.82, 2.24) is 10.2 Å². The van der Waals surface area contributed by atoms with Gasteiger partial charge < -0.3 is 15.1 Å². The number of nitrogens with one attached hydrogen (secondary N) is 2. The molecule has 0 spiro atoms. The summed E-state index contributed by atoms with van der Waals surface area (Å²) in [6.45, 7) is 9.02. The van der Waals surface area contributed by atoms with Gasteiger partial charge in [0.25, 0.3) is 5.91 Å². The van der Waals surface area contributed by atoms with Crippen molar-refractivity contribution in [2.24, 2.45) is 0 Å². The summed E-state index contributed by atoms with van der Waals surface area (Å²) in [5.74, 6) is 0.337. The largest absolute Gasteiger partial charge is 0.366 e. The van der Waals surface area contributed by atoms with Crippen LogP contribution in [0.2, 0.25) is 5.02 Å². The first-order valence-electron chi connectivity index (χ1n) is 11.3. The van der Waals surface area contributed by atoms with Crippen LogP contribution in [0.4, 0.5) is 11.4 Å². The normalized spacial score (nSPS) is 13.7. The Morgan fingerprint density at radius 3 is 2.33 bits per heavy atom. The lowest BCUT2D eigenvalue weighted by Gasteiger charge is -2.37. The summed E-state index contributed by atoms with van der Waals surface area (Å²) < 4.78 is 0. The third-order valence-corrected chi connectivity index (χ3v) is 6.15. The summed E-state index contributed by atoms with van der Waals surface area (Å²) in [7, 11) is 0. The highest BCUT2D eigenvalue weighted by Gasteiger charge is 2.22. The van der Waals surface area contributed by atoms with Crippen LogP contribution >= 0.6 is 23.8 Å². The smallest absolute Gasteiger partial charge is 0.257 e. The number of nitrogens with zero attached hydrogens (tertiary/aromatic N) is 2. The van der Waals surface area contributed by atoms with Crippen LogP contribution in [0.3, 0.4) is 0 Å². The fourth-order valence-corrected chi connectivity index (χ4v) is 4.18. The molecule has 0 radical (unpaired) electrons. The molecule has 176 valence electrons. The van der Waals surface area contributed by atoms with Crippen molar-refractivity contribution in [3.63, 3.8) is 0 Å². The number of rotatable bonds is 6. The first kappa shape index (κ1) is 25.0. The molecular weight excluding hydrogens is 456 g/mol. The van der Waals surface area contributed by atoms with Gasteiger partial charge in [-0.1, -0.05) is 44.5 Å². The van der Waals surface area contributed by atoms with Crippen LogP contribution in [0.15, 0.2) is 42.5 Å². The number of halogens is 1. The zero-order valence-electron chi connectivity index (χ0n) is 19.4. The second-order valence-corrected chi connectivity index (χ2v) is 9.31. The van der Waals surface area contributed by atoms with Gasteiger partial charge >= 0.3 is 0 Å². The molecule has 0 unspecified atom stereocenters. The molecule has 0 saturated carbocycles. The Kier molecular flexibility index (Phi) is 8.69. The predicted octanol–water partition coefficient (Wildman–Crippen LogP) is 5.04. The predicted molar refractivity (Wildman–Crippen MR) is 139 cm³/mol. The molecule has 2 amide bonds. The third kappa shape index (κ3) is 6.68. The van der Waals surface area contributed by atoms with Crippen molar-refractivity contribution in [2.75, 3.05) is 36.4 Å². The van der Waals surface area contributed by atoms with Crippen LogP contribution in [0.25, 0.3) is 0 Å². The molecule has 0 bridgehead atoms. The summed E-state index contributed by atoms with van der Waals surface area (Å²) >= 11 is 11.6. The minimum absolute atomic E-state index is 0.202. The number of thiocarbonyl (C=S) groups is 1. The van der Waals surface area contributed by atoms with E-state index in [1.54, 1.807) is 18.2 Å². The lowest BCUT2D eigenvalue weighted by Crippen LogP contribution is -2.49. The van der Waals surface area contributed by atoms with Crippen molar-refractivity contribution in [2.45, 2.75) is 39.5 Å². The molecule has 2 aromatic rings. The number of piperazine rings is 1. The Bertz CT molecular complexity index is 1000. The maximum atomic E-state index is 12.6. The van der Waals surface area contributed by atoms with Gasteiger partial charge in [0.1, 0.15) is 0 Å². The van der Waals surface area contributed by atoms with Gasteiger partial charge in [-0.3, -0.25) is 14.9 Å². The minimum atomic E-state index is -0.269. The fraction of sp³-hybridized carbons (Fsp3) is 0.400. The highest BCUT2D eigenvalue weighted by Crippen LogP contribution is 2.30. The quantitative estimate of drug-likeness (QED) is 0.560. The Morgan fingerprint density at radius 2 is 1.73 bits per heavy atom. The molecule has 8 heteroatoms. The summed E-state index contributed by atoms with van der Waals surface area (Å²) in [4.78, 5) is 28.9. The molecule has 2 aromatic carbocycles. The molecule has 33 heavy (non-hydrogen) atoms. The van der Waals surface area contributed by atoms with E-state index in [9.17, 15) is 9.59 Å². The molecule has 0 aromatic heterocycles. The number of amides is 2. The topological polar surface area (TPSA) is 64.7 Å². The van der Waals surface area contributed by atoms with Gasteiger partial charge in [-0.25, -0.2) is 0 Å². The van der Waals surface area contributed by atoms with Gasteiger partial charge in [0.05, 0.1) is 11.4 Å². The van der Waals surface area contributed by atoms with Crippen LogP contribution in [0.1, 0.15) is 55.5 Å². The minimum Gasteiger partial charge on any atom is -0.366 e. The molecule has 0 atom stereocenters. The van der Waals surface area contributed by atoms with Gasteiger partial charge in [0.2, 0.25) is 5.91 Å². The van der Waals surface area contributed by atoms with E-state index in [0.29, 0.717) is 49.1 Å². The van der Waals surface area contributed by atoms with Crippen LogP contribution in [-0.4, -0.2) is 48.0 Å². The fourth-order valence-electron chi connectivity index (χ4n) is 3.80. The van der Waals surface area contributed by atoms with E-state index in [4.69, 9.17) is 23.8 Å². The number of carbonyl (C=O) groups excluding carboxylic acids is 2. The van der Waals surface area contributed by atoms with Crippen LogP contribution in [0.5, 0.6) is 0 Å². The summed E-state index contributed by atoms with van der Waals surface area (Å²) in [6.07, 6.45) is 1.44. The zero-order chi connectivity index (χ0) is 24.0. The highest BCUT2D eigenvalue weighted by molar-refractivity contribution is 7.80. The molecule has 2 N–H and O–H groups in total. The van der Waals surface area contributed by atoms with E-state index in [0.717, 1.165) is 17.8 Å². The number of hydrogen-bond acceptors (Lipinski definition) is 4. The molecule has 1 aliphatic rings. The van der Waals surface area contributed by atoms with Crippen molar-refractivity contribution in [3.8, 4) is 0 Å². The molecule has 1 aliphatic heterocycles.